The molecule has 0 spiro atoms. The summed E-state index contributed by atoms with van der Waals surface area (Å²) in [5.74, 6) is 0.695. The summed E-state index contributed by atoms with van der Waals surface area (Å²) in [7, 11) is 1.56. The second kappa shape index (κ2) is 10.5. The van der Waals surface area contributed by atoms with Crippen molar-refractivity contribution in [3.8, 4) is 11.5 Å². The van der Waals surface area contributed by atoms with E-state index in [1.54, 1.807) is 24.1 Å². The number of benzene rings is 2. The van der Waals surface area contributed by atoms with Gasteiger partial charge in [-0.15, -0.1) is 0 Å². The molecule has 2 amide bonds. The molecule has 160 valence electrons. The van der Waals surface area contributed by atoms with Crippen molar-refractivity contribution in [3.05, 3.63) is 52.5 Å². The Bertz CT molecular complexity index is 888. The molecule has 2 aromatic rings. The van der Waals surface area contributed by atoms with Gasteiger partial charge in [0.05, 0.1) is 24.1 Å². The topological polar surface area (TPSA) is 67.9 Å². The Balaban J connectivity index is 1.71. The van der Waals surface area contributed by atoms with Crippen molar-refractivity contribution < 1.29 is 19.1 Å². The lowest BCUT2D eigenvalue weighted by Crippen LogP contribution is -2.43. The van der Waals surface area contributed by atoms with Gasteiger partial charge in [-0.25, -0.2) is 0 Å². The van der Waals surface area contributed by atoms with E-state index in [1.807, 2.05) is 37.3 Å². The van der Waals surface area contributed by atoms with Crippen LogP contribution in [0.3, 0.4) is 0 Å². The molecule has 1 N–H and O–H groups in total. The van der Waals surface area contributed by atoms with Gasteiger partial charge in [-0.3, -0.25) is 9.59 Å². The van der Waals surface area contributed by atoms with Gasteiger partial charge in [-0.2, -0.15) is 0 Å². The number of carbonyl (C=O) groups is 2. The van der Waals surface area contributed by atoms with Crippen molar-refractivity contribution in [2.45, 2.75) is 26.2 Å². The maximum Gasteiger partial charge on any atom is 0.254 e. The van der Waals surface area contributed by atoms with E-state index in [9.17, 15) is 9.59 Å². The van der Waals surface area contributed by atoms with Crippen LogP contribution in [0.4, 0.5) is 5.69 Å². The first-order valence-corrected chi connectivity index (χ1v) is 11.0. The van der Waals surface area contributed by atoms with Gasteiger partial charge in [0.1, 0.15) is 0 Å². The lowest BCUT2D eigenvalue weighted by Gasteiger charge is -2.32. The van der Waals surface area contributed by atoms with Crippen LogP contribution in [-0.4, -0.2) is 43.5 Å². The maximum atomic E-state index is 13.1. The predicted octanol–water partition coefficient (Wildman–Crippen LogP) is 4.74. The molecule has 7 heteroatoms. The minimum absolute atomic E-state index is 0.0548. The zero-order chi connectivity index (χ0) is 21.5. The van der Waals surface area contributed by atoms with E-state index < -0.39 is 0 Å². The molecule has 0 aliphatic carbocycles. The number of hydrogen-bond acceptors (Lipinski definition) is 4. The van der Waals surface area contributed by atoms with Gasteiger partial charge in [0.25, 0.3) is 5.91 Å². The van der Waals surface area contributed by atoms with Crippen molar-refractivity contribution in [1.82, 2.24) is 4.90 Å². The van der Waals surface area contributed by atoms with Crippen molar-refractivity contribution in [2.75, 3.05) is 32.1 Å². The molecule has 1 aliphatic heterocycles. The van der Waals surface area contributed by atoms with Gasteiger partial charge in [-0.1, -0.05) is 25.1 Å². The number of rotatable bonds is 7. The summed E-state index contributed by atoms with van der Waals surface area (Å²) in [6.07, 6.45) is 2.42. The number of nitrogens with zero attached hydrogens (tertiary/aromatic N) is 1. The third-order valence-corrected chi connectivity index (χ3v) is 5.64. The number of carbonyl (C=O) groups excluding carboxylic acids is 2. The number of methoxy groups -OCH3 is 1. The number of halogens is 1. The summed E-state index contributed by atoms with van der Waals surface area (Å²) in [6.45, 7) is 3.61. The average molecular weight is 475 g/mol. The highest BCUT2D eigenvalue weighted by Crippen LogP contribution is 2.37. The number of amides is 2. The van der Waals surface area contributed by atoms with E-state index in [2.05, 4.69) is 21.2 Å². The average Bonchev–Trinajstić information content (AvgIpc) is 2.78. The number of anilines is 1. The quantitative estimate of drug-likeness (QED) is 0.629. The van der Waals surface area contributed by atoms with E-state index in [0.717, 1.165) is 24.9 Å². The number of likely N-dealkylation sites (tertiary alicyclic amines) is 1. The van der Waals surface area contributed by atoms with Gasteiger partial charge >= 0.3 is 0 Å². The van der Waals surface area contributed by atoms with E-state index >= 15 is 0 Å². The van der Waals surface area contributed by atoms with Crippen molar-refractivity contribution in [1.29, 1.82) is 0 Å². The summed E-state index contributed by atoms with van der Waals surface area (Å²) >= 11 is 3.49. The van der Waals surface area contributed by atoms with Gasteiger partial charge in [-0.05, 0) is 59.5 Å². The number of hydrogen-bond donors (Lipinski definition) is 1. The third kappa shape index (κ3) is 5.33. The first-order chi connectivity index (χ1) is 14.5. The normalized spacial score (nSPS) is 16.1. The Kier molecular flexibility index (Phi) is 7.74. The molecule has 1 atom stereocenters. The minimum atomic E-state index is -0.236. The summed E-state index contributed by atoms with van der Waals surface area (Å²) in [5, 5.41) is 2.94. The van der Waals surface area contributed by atoms with Crippen molar-refractivity contribution >= 4 is 33.4 Å². The Morgan fingerprint density at radius 3 is 2.70 bits per heavy atom. The zero-order valence-corrected chi connectivity index (χ0v) is 18.9. The second-order valence-corrected chi connectivity index (χ2v) is 8.14. The van der Waals surface area contributed by atoms with Crippen LogP contribution < -0.4 is 14.8 Å². The molecule has 1 fully saturated rings. The summed E-state index contributed by atoms with van der Waals surface area (Å²) in [5.41, 5.74) is 1.27. The molecule has 6 nitrogen and oxygen atoms in total. The molecule has 1 unspecified atom stereocenters. The fraction of sp³-hybridized carbons (Fsp3) is 0.391. The standard InChI is InChI=1S/C23H27BrN2O4/c1-3-12-30-21-19(24)13-17(14-20(21)29-2)23(28)26-11-7-8-16(15-26)22(27)25-18-9-5-4-6-10-18/h4-6,9-10,13-14,16H,3,7-8,11-12,15H2,1-2H3,(H,25,27). The molecule has 1 aliphatic rings. The molecule has 30 heavy (non-hydrogen) atoms. The van der Waals surface area contributed by atoms with Gasteiger partial charge in [0.2, 0.25) is 5.91 Å². The highest BCUT2D eigenvalue weighted by Gasteiger charge is 2.29. The molecule has 3 rings (SSSR count). The van der Waals surface area contributed by atoms with Crippen LogP contribution in [0.5, 0.6) is 11.5 Å². The zero-order valence-electron chi connectivity index (χ0n) is 17.3. The fourth-order valence-electron chi connectivity index (χ4n) is 3.51. The van der Waals surface area contributed by atoms with E-state index in [4.69, 9.17) is 9.47 Å². The molecule has 0 radical (unpaired) electrons. The summed E-state index contributed by atoms with van der Waals surface area (Å²) < 4.78 is 11.9. The molecule has 0 bridgehead atoms. The van der Waals surface area contributed by atoms with Crippen LogP contribution in [-0.2, 0) is 4.79 Å². The highest BCUT2D eigenvalue weighted by molar-refractivity contribution is 9.10. The molecular formula is C23H27BrN2O4. The highest BCUT2D eigenvalue weighted by atomic mass is 79.9. The summed E-state index contributed by atoms with van der Waals surface area (Å²) in [6, 6.07) is 12.8. The fourth-order valence-corrected chi connectivity index (χ4v) is 4.07. The van der Waals surface area contributed by atoms with Crippen LogP contribution in [0.15, 0.2) is 46.9 Å². The Morgan fingerprint density at radius 1 is 1.23 bits per heavy atom. The van der Waals surface area contributed by atoms with Crippen LogP contribution >= 0.6 is 15.9 Å². The SMILES string of the molecule is CCCOc1c(Br)cc(C(=O)N2CCCC(C(=O)Nc3ccccc3)C2)cc1OC. The van der Waals surface area contributed by atoms with Crippen LogP contribution in [0.2, 0.25) is 0 Å². The monoisotopic (exact) mass is 474 g/mol. The lowest BCUT2D eigenvalue weighted by molar-refractivity contribution is -0.121. The molecule has 1 heterocycles. The minimum Gasteiger partial charge on any atom is -0.493 e. The number of ether oxygens (including phenoxy) is 2. The predicted molar refractivity (Wildman–Crippen MR) is 120 cm³/mol. The van der Waals surface area contributed by atoms with E-state index in [-0.39, 0.29) is 17.7 Å². The molecule has 1 saturated heterocycles. The number of para-hydroxylation sites is 1. The molecule has 2 aromatic carbocycles. The van der Waals surface area contributed by atoms with Gasteiger partial charge in [0.15, 0.2) is 11.5 Å². The van der Waals surface area contributed by atoms with Crippen molar-refractivity contribution in [3.63, 3.8) is 0 Å². The van der Waals surface area contributed by atoms with Crippen LogP contribution in [0.1, 0.15) is 36.5 Å². The summed E-state index contributed by atoms with van der Waals surface area (Å²) in [4.78, 5) is 27.6. The molecule has 0 aromatic heterocycles. The Morgan fingerprint density at radius 2 is 2.00 bits per heavy atom. The Hall–Kier alpha value is -2.54. The largest absolute Gasteiger partial charge is 0.493 e. The van der Waals surface area contributed by atoms with Crippen LogP contribution in [0, 0.1) is 5.92 Å². The third-order valence-electron chi connectivity index (χ3n) is 5.05. The van der Waals surface area contributed by atoms with Crippen molar-refractivity contribution in [2.24, 2.45) is 5.92 Å². The Labute approximate surface area is 185 Å². The lowest BCUT2D eigenvalue weighted by atomic mass is 9.96. The number of piperidine rings is 1. The number of nitrogens with one attached hydrogen (secondary N) is 1. The molecular weight excluding hydrogens is 448 g/mol. The molecule has 0 saturated carbocycles. The first-order valence-electron chi connectivity index (χ1n) is 10.2. The second-order valence-electron chi connectivity index (χ2n) is 7.28. The maximum absolute atomic E-state index is 13.1. The van der Waals surface area contributed by atoms with Crippen LogP contribution in [0.25, 0.3) is 0 Å². The first kappa shape index (κ1) is 22.2. The van der Waals surface area contributed by atoms with E-state index in [0.29, 0.717) is 41.2 Å². The smallest absolute Gasteiger partial charge is 0.254 e. The van der Waals surface area contributed by atoms with Gasteiger partial charge in [0, 0.05) is 24.3 Å². The van der Waals surface area contributed by atoms with E-state index in [1.165, 1.54) is 0 Å². The van der Waals surface area contributed by atoms with Gasteiger partial charge < -0.3 is 19.7 Å².